The number of sulfonamides is 1. The van der Waals surface area contributed by atoms with Crippen LogP contribution in [0.1, 0.15) is 38.5 Å². The number of amidine groups is 1. The predicted molar refractivity (Wildman–Crippen MR) is 126 cm³/mol. The molecule has 1 saturated heterocycles. The summed E-state index contributed by atoms with van der Waals surface area (Å²) in [5.74, 6) is -1.19. The van der Waals surface area contributed by atoms with Crippen LogP contribution in [0.15, 0.2) is 63.9 Å². The standard InChI is InChI=1S/C23H24FN3O4S2/c24-16-11-13-19(14-12-16)33(30,31)26-23-27(18-9-5-2-6-10-18)22(29)20(32-23)15-21(28)25-17-7-3-1-4-8-17/h1,3-4,7-8,11-14,18,20H,2,5-6,9-10,15H2,(H,25,28)/b26-23+. The first-order valence-corrected chi connectivity index (χ1v) is 13.1. The van der Waals surface area contributed by atoms with Crippen LogP contribution in [0.4, 0.5) is 10.1 Å². The van der Waals surface area contributed by atoms with Crippen molar-refractivity contribution >= 4 is 44.5 Å². The fraction of sp³-hybridized carbons (Fsp3) is 0.348. The lowest BCUT2D eigenvalue weighted by Gasteiger charge is -2.30. The molecule has 0 radical (unpaired) electrons. The van der Waals surface area contributed by atoms with Gasteiger partial charge in [-0.15, -0.1) is 4.40 Å². The average molecular weight is 490 g/mol. The van der Waals surface area contributed by atoms with Crippen molar-refractivity contribution in [3.05, 3.63) is 60.4 Å². The van der Waals surface area contributed by atoms with E-state index in [2.05, 4.69) is 9.71 Å². The summed E-state index contributed by atoms with van der Waals surface area (Å²) in [6.45, 7) is 0. The van der Waals surface area contributed by atoms with Gasteiger partial charge in [0, 0.05) is 18.2 Å². The molecule has 0 aromatic heterocycles. The summed E-state index contributed by atoms with van der Waals surface area (Å²) in [6.07, 6.45) is 4.36. The van der Waals surface area contributed by atoms with Crippen LogP contribution < -0.4 is 5.32 Å². The molecule has 2 aromatic carbocycles. The summed E-state index contributed by atoms with van der Waals surface area (Å²) in [4.78, 5) is 27.1. The fourth-order valence-corrected chi connectivity index (χ4v) is 6.42. The van der Waals surface area contributed by atoms with E-state index in [-0.39, 0.29) is 34.3 Å². The summed E-state index contributed by atoms with van der Waals surface area (Å²) >= 11 is 0.996. The molecule has 2 aliphatic rings. The third-order valence-electron chi connectivity index (χ3n) is 5.64. The maximum Gasteiger partial charge on any atom is 0.284 e. The number of nitrogens with one attached hydrogen (secondary N) is 1. The summed E-state index contributed by atoms with van der Waals surface area (Å²) in [7, 11) is -4.15. The van der Waals surface area contributed by atoms with Crippen LogP contribution in [0.3, 0.4) is 0 Å². The Bertz CT molecular complexity index is 1150. The Labute approximate surface area is 196 Å². The van der Waals surface area contributed by atoms with Crippen molar-refractivity contribution in [2.75, 3.05) is 5.32 Å². The van der Waals surface area contributed by atoms with E-state index < -0.39 is 21.1 Å². The molecule has 1 N–H and O–H groups in total. The third-order valence-corrected chi connectivity index (χ3v) is 8.19. The van der Waals surface area contributed by atoms with Gasteiger partial charge in [-0.2, -0.15) is 8.42 Å². The lowest BCUT2D eigenvalue weighted by molar-refractivity contribution is -0.130. The van der Waals surface area contributed by atoms with Gasteiger partial charge >= 0.3 is 0 Å². The Kier molecular flexibility index (Phi) is 7.14. The van der Waals surface area contributed by atoms with E-state index in [1.54, 1.807) is 24.3 Å². The van der Waals surface area contributed by atoms with E-state index in [0.29, 0.717) is 5.69 Å². The maximum absolute atomic E-state index is 13.3. The molecule has 4 rings (SSSR count). The highest BCUT2D eigenvalue weighted by atomic mass is 32.2. The Morgan fingerprint density at radius 2 is 1.73 bits per heavy atom. The third kappa shape index (κ3) is 5.62. The van der Waals surface area contributed by atoms with Gasteiger partial charge in [0.1, 0.15) is 11.1 Å². The highest BCUT2D eigenvalue weighted by molar-refractivity contribution is 8.16. The van der Waals surface area contributed by atoms with Gasteiger partial charge in [0.15, 0.2) is 5.17 Å². The molecule has 1 unspecified atom stereocenters. The van der Waals surface area contributed by atoms with Crippen molar-refractivity contribution in [2.45, 2.75) is 54.7 Å². The van der Waals surface area contributed by atoms with Crippen molar-refractivity contribution in [2.24, 2.45) is 4.40 Å². The number of anilines is 1. The highest BCUT2D eigenvalue weighted by Gasteiger charge is 2.43. The van der Waals surface area contributed by atoms with E-state index >= 15 is 0 Å². The van der Waals surface area contributed by atoms with Crippen molar-refractivity contribution in [1.82, 2.24) is 4.90 Å². The molecule has 1 heterocycles. The van der Waals surface area contributed by atoms with E-state index in [1.807, 2.05) is 6.07 Å². The zero-order valence-electron chi connectivity index (χ0n) is 17.8. The summed E-state index contributed by atoms with van der Waals surface area (Å²) in [5.41, 5.74) is 0.620. The van der Waals surface area contributed by atoms with E-state index in [9.17, 15) is 22.4 Å². The van der Waals surface area contributed by atoms with Crippen LogP contribution in [0.25, 0.3) is 0 Å². The number of nitrogens with zero attached hydrogens (tertiary/aromatic N) is 2. The number of carbonyl (C=O) groups excluding carboxylic acids is 2. The van der Waals surface area contributed by atoms with Crippen molar-refractivity contribution in [1.29, 1.82) is 0 Å². The van der Waals surface area contributed by atoms with Crippen LogP contribution in [0.5, 0.6) is 0 Å². The van der Waals surface area contributed by atoms with Gasteiger partial charge in [0.05, 0.1) is 4.90 Å². The van der Waals surface area contributed by atoms with Crippen molar-refractivity contribution < 1.29 is 22.4 Å². The minimum atomic E-state index is -4.15. The van der Waals surface area contributed by atoms with Gasteiger partial charge in [-0.05, 0) is 49.2 Å². The molecule has 1 aliphatic heterocycles. The predicted octanol–water partition coefficient (Wildman–Crippen LogP) is 4.18. The second-order valence-corrected chi connectivity index (χ2v) is 10.8. The van der Waals surface area contributed by atoms with E-state index in [4.69, 9.17) is 0 Å². The smallest absolute Gasteiger partial charge is 0.284 e. The van der Waals surface area contributed by atoms with Crippen LogP contribution in [0.2, 0.25) is 0 Å². The number of rotatable bonds is 6. The molecule has 2 amide bonds. The first-order chi connectivity index (χ1) is 15.8. The van der Waals surface area contributed by atoms with Gasteiger partial charge in [-0.3, -0.25) is 14.5 Å². The number of amides is 2. The van der Waals surface area contributed by atoms with Gasteiger partial charge in [0.25, 0.3) is 10.0 Å². The van der Waals surface area contributed by atoms with Crippen LogP contribution >= 0.6 is 11.8 Å². The number of carbonyl (C=O) groups is 2. The Hall–Kier alpha value is -2.72. The highest BCUT2D eigenvalue weighted by Crippen LogP contribution is 2.36. The number of benzene rings is 2. The van der Waals surface area contributed by atoms with Gasteiger partial charge < -0.3 is 5.32 Å². The zero-order valence-corrected chi connectivity index (χ0v) is 19.4. The number of para-hydroxylation sites is 1. The first-order valence-electron chi connectivity index (χ1n) is 10.8. The molecule has 7 nitrogen and oxygen atoms in total. The summed E-state index contributed by atoms with van der Waals surface area (Å²) < 4.78 is 42.9. The zero-order chi connectivity index (χ0) is 23.4. The molecule has 1 atom stereocenters. The van der Waals surface area contributed by atoms with Crippen molar-refractivity contribution in [3.63, 3.8) is 0 Å². The number of thioether (sulfide) groups is 1. The number of halogens is 1. The molecule has 10 heteroatoms. The van der Waals surface area contributed by atoms with Gasteiger partial charge in [0.2, 0.25) is 11.8 Å². The Morgan fingerprint density at radius 3 is 2.39 bits per heavy atom. The Morgan fingerprint density at radius 1 is 1.06 bits per heavy atom. The molecule has 1 aliphatic carbocycles. The monoisotopic (exact) mass is 489 g/mol. The minimum absolute atomic E-state index is 0.0775. The topological polar surface area (TPSA) is 95.9 Å². The molecule has 2 fully saturated rings. The van der Waals surface area contributed by atoms with Crippen LogP contribution in [0, 0.1) is 5.82 Å². The molecule has 0 spiro atoms. The molecular weight excluding hydrogens is 465 g/mol. The fourth-order valence-electron chi connectivity index (χ4n) is 4.02. The van der Waals surface area contributed by atoms with Crippen LogP contribution in [-0.2, 0) is 19.6 Å². The summed E-state index contributed by atoms with van der Waals surface area (Å²) in [5, 5.41) is 2.07. The largest absolute Gasteiger partial charge is 0.326 e. The second kappa shape index (κ2) is 10.0. The van der Waals surface area contributed by atoms with Crippen LogP contribution in [-0.4, -0.2) is 41.6 Å². The quantitative estimate of drug-likeness (QED) is 0.657. The molecule has 2 aromatic rings. The van der Waals surface area contributed by atoms with Gasteiger partial charge in [-0.25, -0.2) is 4.39 Å². The molecular formula is C23H24FN3O4S2. The Balaban J connectivity index is 1.58. The van der Waals surface area contributed by atoms with E-state index in [0.717, 1.165) is 68.1 Å². The van der Waals surface area contributed by atoms with E-state index in [1.165, 1.54) is 4.90 Å². The normalized spacial score (nSPS) is 20.9. The number of hydrogen-bond donors (Lipinski definition) is 1. The summed E-state index contributed by atoms with van der Waals surface area (Å²) in [6, 6.07) is 13.2. The first kappa shape index (κ1) is 23.4. The average Bonchev–Trinajstić information content (AvgIpc) is 3.09. The lowest BCUT2D eigenvalue weighted by atomic mass is 9.94. The van der Waals surface area contributed by atoms with Gasteiger partial charge in [-0.1, -0.05) is 49.2 Å². The molecule has 174 valence electrons. The molecule has 33 heavy (non-hydrogen) atoms. The second-order valence-electron chi connectivity index (χ2n) is 8.03. The lowest BCUT2D eigenvalue weighted by Crippen LogP contribution is -2.42. The number of hydrogen-bond acceptors (Lipinski definition) is 5. The molecule has 1 saturated carbocycles. The minimum Gasteiger partial charge on any atom is -0.326 e. The SMILES string of the molecule is O=C(CC1S/C(=N/S(=O)(=O)c2ccc(F)cc2)N(C2CCCCC2)C1=O)Nc1ccccc1. The van der Waals surface area contributed by atoms with Crippen molar-refractivity contribution in [3.8, 4) is 0 Å². The maximum atomic E-state index is 13.3. The molecule has 0 bridgehead atoms.